The minimum Gasteiger partial charge on any atom is -0.378 e. The van der Waals surface area contributed by atoms with E-state index in [9.17, 15) is 0 Å². The van der Waals surface area contributed by atoms with Crippen LogP contribution < -0.4 is 14.5 Å². The molecule has 1 aromatic heterocycles. The molecule has 2 aromatic carbocycles. The van der Waals surface area contributed by atoms with Crippen LogP contribution in [-0.4, -0.2) is 45.3 Å². The number of benzene rings is 2. The molecule has 7 heteroatoms. The Bertz CT molecular complexity index is 1030. The maximum atomic E-state index is 6.15. The van der Waals surface area contributed by atoms with Gasteiger partial charge in [-0.3, -0.25) is 0 Å². The topological polar surface area (TPSA) is 40.0 Å². The zero-order valence-corrected chi connectivity index (χ0v) is 18.9. The van der Waals surface area contributed by atoms with Crippen LogP contribution >= 0.6 is 11.6 Å². The van der Waals surface area contributed by atoms with Crippen LogP contribution in [0.4, 0.5) is 11.4 Å². The smallest absolute Gasteiger partial charge is 0.304 e. The van der Waals surface area contributed by atoms with Crippen molar-refractivity contribution in [3.05, 3.63) is 77.4 Å². The summed E-state index contributed by atoms with van der Waals surface area (Å²) in [6.07, 6.45) is 5.56. The van der Waals surface area contributed by atoms with Crippen molar-refractivity contribution < 1.29 is 4.68 Å². The second kappa shape index (κ2) is 9.59. The van der Waals surface area contributed by atoms with Gasteiger partial charge in [0.2, 0.25) is 0 Å². The average Bonchev–Trinajstić information content (AvgIpc) is 3.06. The lowest BCUT2D eigenvalue weighted by atomic mass is 10.2. The van der Waals surface area contributed by atoms with Gasteiger partial charge in [-0.05, 0) is 35.4 Å². The first-order valence-corrected chi connectivity index (χ1v) is 10.2. The molecule has 0 fully saturated rings. The van der Waals surface area contributed by atoms with Crippen LogP contribution in [0.3, 0.4) is 0 Å². The predicted octanol–water partition coefficient (Wildman–Crippen LogP) is 3.72. The third-order valence-corrected chi connectivity index (χ3v) is 5.06. The molecule has 0 aliphatic rings. The van der Waals surface area contributed by atoms with Crippen molar-refractivity contribution in [3.8, 4) is 0 Å². The lowest BCUT2D eigenvalue weighted by molar-refractivity contribution is -0.684. The number of alkyl halides is 1. The number of rotatable bonds is 7. The highest BCUT2D eigenvalue weighted by Gasteiger charge is 2.19. The summed E-state index contributed by atoms with van der Waals surface area (Å²) >= 11 is 6.15. The van der Waals surface area contributed by atoms with E-state index in [1.807, 2.05) is 82.7 Å². The van der Waals surface area contributed by atoms with Gasteiger partial charge in [-0.15, -0.1) is 16.3 Å². The summed E-state index contributed by atoms with van der Waals surface area (Å²) in [6.45, 7) is 1.97. The monoisotopic (exact) mass is 423 g/mol. The van der Waals surface area contributed by atoms with Crippen molar-refractivity contribution in [3.63, 3.8) is 0 Å². The Labute approximate surface area is 183 Å². The van der Waals surface area contributed by atoms with Gasteiger partial charge in [0.15, 0.2) is 11.9 Å². The Kier molecular flexibility index (Phi) is 6.90. The Morgan fingerprint density at radius 1 is 0.867 bits per heavy atom. The van der Waals surface area contributed by atoms with Gasteiger partial charge in [0.1, 0.15) is 0 Å². The zero-order chi connectivity index (χ0) is 21.7. The molecule has 0 saturated heterocycles. The Morgan fingerprint density at radius 3 is 1.83 bits per heavy atom. The molecule has 0 aliphatic carbocycles. The number of halogens is 1. The van der Waals surface area contributed by atoms with E-state index in [2.05, 4.69) is 44.3 Å². The van der Waals surface area contributed by atoms with E-state index < -0.39 is 0 Å². The van der Waals surface area contributed by atoms with Gasteiger partial charge in [-0.25, -0.2) is 0 Å². The van der Waals surface area contributed by atoms with Crippen LogP contribution in [0.15, 0.2) is 64.9 Å². The van der Waals surface area contributed by atoms with Gasteiger partial charge < -0.3 is 9.80 Å². The normalized spacial score (nSPS) is 11.5. The molecule has 30 heavy (non-hydrogen) atoms. The van der Waals surface area contributed by atoms with Crippen LogP contribution in [0.5, 0.6) is 0 Å². The molecule has 0 spiro atoms. The van der Waals surface area contributed by atoms with Gasteiger partial charge >= 0.3 is 5.82 Å². The molecule has 0 saturated carbocycles. The molecular formula is C23H28ClN6+. The number of imidazole rings is 1. The van der Waals surface area contributed by atoms with Crippen LogP contribution in [0.25, 0.3) is 0 Å². The van der Waals surface area contributed by atoms with Crippen molar-refractivity contribution >= 4 is 35.4 Å². The van der Waals surface area contributed by atoms with Gasteiger partial charge in [0.05, 0.1) is 18.3 Å². The zero-order valence-electron chi connectivity index (χ0n) is 18.1. The number of anilines is 2. The van der Waals surface area contributed by atoms with E-state index in [4.69, 9.17) is 11.6 Å². The van der Waals surface area contributed by atoms with Crippen LogP contribution in [0.1, 0.15) is 22.6 Å². The first-order valence-electron chi connectivity index (χ1n) is 9.71. The summed E-state index contributed by atoms with van der Waals surface area (Å²) in [5.74, 6) is 1.21. The second-order valence-electron chi connectivity index (χ2n) is 7.42. The largest absolute Gasteiger partial charge is 0.378 e. The van der Waals surface area contributed by atoms with Gasteiger partial charge in [0.25, 0.3) is 0 Å². The third-order valence-electron chi connectivity index (χ3n) is 4.79. The first kappa shape index (κ1) is 21.6. The quantitative estimate of drug-likeness (QED) is 0.330. The maximum absolute atomic E-state index is 6.15. The fourth-order valence-electron chi connectivity index (χ4n) is 2.93. The van der Waals surface area contributed by atoms with Crippen LogP contribution in [-0.2, 0) is 5.88 Å². The average molecular weight is 424 g/mol. The van der Waals surface area contributed by atoms with Crippen LogP contribution in [0.2, 0.25) is 0 Å². The number of nitrogens with zero attached hydrogens (tertiary/aromatic N) is 6. The molecule has 156 valence electrons. The van der Waals surface area contributed by atoms with Crippen molar-refractivity contribution in [1.29, 1.82) is 0 Å². The van der Waals surface area contributed by atoms with Crippen LogP contribution in [0, 0.1) is 6.92 Å². The van der Waals surface area contributed by atoms with Gasteiger partial charge in [-0.2, -0.15) is 0 Å². The fraction of sp³-hybridized carbons (Fsp3) is 0.261. The number of hydrogen-bond acceptors (Lipinski definition) is 4. The summed E-state index contributed by atoms with van der Waals surface area (Å²) in [7, 11) is 8.09. The molecule has 0 N–H and O–H groups in total. The SMILES string of the molecule is Cc1n(/N=C/c2ccc(N(C)C)cc2)c(CCl)c[n+]1/N=C/c1ccc(N(C)C)cc1. The van der Waals surface area contributed by atoms with E-state index in [-0.39, 0.29) is 0 Å². The Balaban J connectivity index is 1.81. The number of hydrogen-bond donors (Lipinski definition) is 0. The van der Waals surface area contributed by atoms with Gasteiger partial charge in [0, 0.05) is 46.5 Å². The highest BCUT2D eigenvalue weighted by Crippen LogP contribution is 2.13. The van der Waals surface area contributed by atoms with Crippen molar-refractivity contribution in [2.24, 2.45) is 10.2 Å². The standard InChI is InChI=1S/C23H28ClN6/c1-18-29(25-15-19-6-10-21(11-7-19)27(2)3)17-23(14-24)30(18)26-16-20-8-12-22(13-9-20)28(4)5/h6-13,15-17H,14H2,1-5H3/q+1/b25-15+,26-16+. The summed E-state index contributed by atoms with van der Waals surface area (Å²) in [5, 5.41) is 9.21. The van der Waals surface area contributed by atoms with Crippen molar-refractivity contribution in [2.75, 3.05) is 38.0 Å². The summed E-state index contributed by atoms with van der Waals surface area (Å²) in [6, 6.07) is 16.5. The summed E-state index contributed by atoms with van der Waals surface area (Å²) in [5.41, 5.74) is 5.22. The first-order chi connectivity index (χ1) is 14.4. The highest BCUT2D eigenvalue weighted by atomic mass is 35.5. The van der Waals surface area contributed by atoms with E-state index in [0.29, 0.717) is 5.88 Å². The van der Waals surface area contributed by atoms with E-state index in [0.717, 1.165) is 34.0 Å². The molecule has 0 bridgehead atoms. The molecule has 3 rings (SSSR count). The van der Waals surface area contributed by atoms with Crippen molar-refractivity contribution in [2.45, 2.75) is 12.8 Å². The molecule has 0 radical (unpaired) electrons. The third kappa shape index (κ3) is 5.07. The summed E-state index contributed by atoms with van der Waals surface area (Å²) in [4.78, 5) is 4.14. The Morgan fingerprint density at radius 2 is 1.37 bits per heavy atom. The van der Waals surface area contributed by atoms with Gasteiger partial charge in [-0.1, -0.05) is 39.1 Å². The molecule has 1 heterocycles. The molecular weight excluding hydrogens is 396 g/mol. The van der Waals surface area contributed by atoms with E-state index in [1.54, 1.807) is 4.68 Å². The lowest BCUT2D eigenvalue weighted by Crippen LogP contribution is -2.29. The molecule has 3 aromatic rings. The van der Waals surface area contributed by atoms with Crippen molar-refractivity contribution in [1.82, 2.24) is 4.68 Å². The predicted molar refractivity (Wildman–Crippen MR) is 126 cm³/mol. The minimum absolute atomic E-state index is 0.345. The lowest BCUT2D eigenvalue weighted by Gasteiger charge is -2.11. The molecule has 0 amide bonds. The Hall–Kier alpha value is -3.12. The fourth-order valence-corrected chi connectivity index (χ4v) is 3.11. The highest BCUT2D eigenvalue weighted by molar-refractivity contribution is 6.16. The number of aromatic nitrogens is 2. The van der Waals surface area contributed by atoms with E-state index in [1.165, 1.54) is 0 Å². The second-order valence-corrected chi connectivity index (χ2v) is 7.69. The molecule has 0 aliphatic heterocycles. The minimum atomic E-state index is 0.345. The molecule has 0 atom stereocenters. The molecule has 6 nitrogen and oxygen atoms in total. The summed E-state index contributed by atoms with van der Waals surface area (Å²) < 4.78 is 3.61. The maximum Gasteiger partial charge on any atom is 0.304 e. The van der Waals surface area contributed by atoms with E-state index >= 15 is 0 Å². The molecule has 0 unspecified atom stereocenters.